The molecule has 0 spiro atoms. The molecule has 2 heterocycles. The lowest BCUT2D eigenvalue weighted by atomic mass is 10.0. The van der Waals surface area contributed by atoms with Gasteiger partial charge in [-0.25, -0.2) is 9.59 Å². The first-order chi connectivity index (χ1) is 10.8. The summed E-state index contributed by atoms with van der Waals surface area (Å²) in [6.07, 6.45) is 2.26. The maximum atomic E-state index is 12.0. The predicted octanol–water partition coefficient (Wildman–Crippen LogP) is 2.29. The Hall–Kier alpha value is -2.44. The molecule has 124 valence electrons. The van der Waals surface area contributed by atoms with Crippen molar-refractivity contribution in [1.82, 2.24) is 15.1 Å². The van der Waals surface area contributed by atoms with Crippen LogP contribution in [-0.2, 0) is 9.47 Å². The zero-order chi connectivity index (χ0) is 17.0. The largest absolute Gasteiger partial charge is 0.464 e. The van der Waals surface area contributed by atoms with Gasteiger partial charge in [0.1, 0.15) is 5.60 Å². The molecule has 0 bridgehead atoms. The molecule has 0 radical (unpaired) electrons. The third-order valence-electron chi connectivity index (χ3n) is 3.25. The van der Waals surface area contributed by atoms with Crippen molar-refractivity contribution >= 4 is 17.6 Å². The van der Waals surface area contributed by atoms with Crippen molar-refractivity contribution < 1.29 is 19.1 Å². The summed E-state index contributed by atoms with van der Waals surface area (Å²) in [6.45, 7) is 6.55. The molecular formula is C16H21N3O4. The molecule has 0 aliphatic carbocycles. The van der Waals surface area contributed by atoms with Gasteiger partial charge in [-0.3, -0.25) is 0 Å². The van der Waals surface area contributed by atoms with E-state index < -0.39 is 11.6 Å². The Labute approximate surface area is 135 Å². The number of aromatic nitrogens is 2. The Balaban J connectivity index is 2.01. The number of esters is 1. The quantitative estimate of drug-likeness (QED) is 0.778. The van der Waals surface area contributed by atoms with Crippen LogP contribution in [0.5, 0.6) is 0 Å². The van der Waals surface area contributed by atoms with E-state index in [-0.39, 0.29) is 11.8 Å². The summed E-state index contributed by atoms with van der Waals surface area (Å²) >= 11 is 0. The number of carbonyl (C=O) groups excluding carboxylic acids is 2. The van der Waals surface area contributed by atoms with Crippen LogP contribution in [0.1, 0.15) is 43.4 Å². The molecule has 1 aromatic rings. The monoisotopic (exact) mass is 319 g/mol. The Kier molecular flexibility index (Phi) is 4.98. The first-order valence-electron chi connectivity index (χ1n) is 7.39. The van der Waals surface area contributed by atoms with Gasteiger partial charge in [0.2, 0.25) is 0 Å². The smallest absolute Gasteiger partial charge is 0.410 e. The molecule has 0 saturated carbocycles. The van der Waals surface area contributed by atoms with E-state index in [0.717, 1.165) is 5.57 Å². The van der Waals surface area contributed by atoms with Crippen LogP contribution in [0, 0.1) is 0 Å². The second-order valence-electron chi connectivity index (χ2n) is 6.20. The highest BCUT2D eigenvalue weighted by Gasteiger charge is 2.24. The van der Waals surface area contributed by atoms with Gasteiger partial charge >= 0.3 is 12.1 Å². The summed E-state index contributed by atoms with van der Waals surface area (Å²) in [7, 11) is 1.30. The minimum absolute atomic E-state index is 0.169. The van der Waals surface area contributed by atoms with Crippen molar-refractivity contribution in [3.05, 3.63) is 29.6 Å². The van der Waals surface area contributed by atoms with Gasteiger partial charge in [-0.05, 0) is 44.9 Å². The summed E-state index contributed by atoms with van der Waals surface area (Å²) in [5.74, 6) is -0.516. The number of methoxy groups -OCH3 is 1. The van der Waals surface area contributed by atoms with E-state index in [0.29, 0.717) is 25.2 Å². The maximum Gasteiger partial charge on any atom is 0.410 e. The number of amides is 1. The van der Waals surface area contributed by atoms with E-state index in [1.807, 2.05) is 26.8 Å². The molecule has 1 aromatic heterocycles. The van der Waals surface area contributed by atoms with E-state index >= 15 is 0 Å². The molecule has 0 atom stereocenters. The van der Waals surface area contributed by atoms with Gasteiger partial charge in [0.25, 0.3) is 0 Å². The molecule has 2 rings (SSSR count). The molecule has 0 aromatic carbocycles. The van der Waals surface area contributed by atoms with Crippen molar-refractivity contribution in [2.45, 2.75) is 32.8 Å². The molecule has 1 aliphatic rings. The van der Waals surface area contributed by atoms with Crippen LogP contribution in [0.3, 0.4) is 0 Å². The molecule has 0 fully saturated rings. The fraction of sp³-hybridized carbons (Fsp3) is 0.500. The second kappa shape index (κ2) is 6.76. The highest BCUT2D eigenvalue weighted by molar-refractivity contribution is 5.87. The third-order valence-corrected chi connectivity index (χ3v) is 3.25. The zero-order valence-electron chi connectivity index (χ0n) is 13.8. The number of ether oxygens (including phenoxy) is 2. The van der Waals surface area contributed by atoms with E-state index in [1.165, 1.54) is 7.11 Å². The number of rotatable bonds is 2. The van der Waals surface area contributed by atoms with Crippen LogP contribution in [-0.4, -0.2) is 53.0 Å². The Morgan fingerprint density at radius 1 is 1.22 bits per heavy atom. The Morgan fingerprint density at radius 2 is 1.96 bits per heavy atom. The fourth-order valence-corrected chi connectivity index (χ4v) is 2.11. The Morgan fingerprint density at radius 3 is 2.43 bits per heavy atom. The van der Waals surface area contributed by atoms with E-state index in [1.54, 1.807) is 17.0 Å². The van der Waals surface area contributed by atoms with E-state index in [4.69, 9.17) is 4.74 Å². The molecule has 7 nitrogen and oxygen atoms in total. The first kappa shape index (κ1) is 16.9. The topological polar surface area (TPSA) is 81.6 Å². The SMILES string of the molecule is COC(=O)c1ccc(C2=CCN(C(=O)OC(C)(C)C)CC2)nn1. The predicted molar refractivity (Wildman–Crippen MR) is 83.8 cm³/mol. The van der Waals surface area contributed by atoms with Gasteiger partial charge in [0, 0.05) is 13.1 Å². The minimum atomic E-state index is -0.516. The number of hydrogen-bond donors (Lipinski definition) is 0. The van der Waals surface area contributed by atoms with Gasteiger partial charge in [0.15, 0.2) is 5.69 Å². The van der Waals surface area contributed by atoms with Crippen LogP contribution >= 0.6 is 0 Å². The summed E-state index contributed by atoms with van der Waals surface area (Å²) < 4.78 is 9.94. The normalized spacial score (nSPS) is 15.0. The lowest BCUT2D eigenvalue weighted by molar-refractivity contribution is 0.0270. The van der Waals surface area contributed by atoms with Gasteiger partial charge in [-0.2, -0.15) is 5.10 Å². The van der Waals surface area contributed by atoms with Crippen LogP contribution in [0.4, 0.5) is 4.79 Å². The molecule has 0 unspecified atom stereocenters. The fourth-order valence-electron chi connectivity index (χ4n) is 2.11. The lowest BCUT2D eigenvalue weighted by Gasteiger charge is -2.29. The summed E-state index contributed by atoms with van der Waals surface area (Å²) in [4.78, 5) is 25.0. The average Bonchev–Trinajstić information content (AvgIpc) is 2.53. The molecule has 23 heavy (non-hydrogen) atoms. The van der Waals surface area contributed by atoms with Crippen molar-refractivity contribution in [3.8, 4) is 0 Å². The second-order valence-corrected chi connectivity index (χ2v) is 6.20. The summed E-state index contributed by atoms with van der Waals surface area (Å²) in [5.41, 5.74) is 1.36. The molecule has 0 saturated heterocycles. The highest BCUT2D eigenvalue weighted by atomic mass is 16.6. The summed E-state index contributed by atoms with van der Waals surface area (Å²) in [6, 6.07) is 3.31. The lowest BCUT2D eigenvalue weighted by Crippen LogP contribution is -2.39. The maximum absolute atomic E-state index is 12.0. The molecule has 1 amide bonds. The number of carbonyl (C=O) groups is 2. The van der Waals surface area contributed by atoms with Crippen molar-refractivity contribution in [2.75, 3.05) is 20.2 Å². The van der Waals surface area contributed by atoms with Crippen molar-refractivity contribution in [1.29, 1.82) is 0 Å². The first-order valence-corrected chi connectivity index (χ1v) is 7.39. The van der Waals surface area contributed by atoms with Crippen LogP contribution in [0.15, 0.2) is 18.2 Å². The van der Waals surface area contributed by atoms with Crippen molar-refractivity contribution in [3.63, 3.8) is 0 Å². The average molecular weight is 319 g/mol. The van der Waals surface area contributed by atoms with Gasteiger partial charge in [-0.15, -0.1) is 5.10 Å². The van der Waals surface area contributed by atoms with Crippen molar-refractivity contribution in [2.24, 2.45) is 0 Å². The highest BCUT2D eigenvalue weighted by Crippen LogP contribution is 2.21. The van der Waals surface area contributed by atoms with Crippen LogP contribution < -0.4 is 0 Å². The van der Waals surface area contributed by atoms with E-state index in [2.05, 4.69) is 14.9 Å². The third kappa shape index (κ3) is 4.51. The van der Waals surface area contributed by atoms with Gasteiger partial charge in [-0.1, -0.05) is 6.08 Å². The van der Waals surface area contributed by atoms with E-state index in [9.17, 15) is 9.59 Å². The number of nitrogens with zero attached hydrogens (tertiary/aromatic N) is 3. The molecule has 1 aliphatic heterocycles. The van der Waals surface area contributed by atoms with Gasteiger partial charge < -0.3 is 14.4 Å². The van der Waals surface area contributed by atoms with Gasteiger partial charge in [0.05, 0.1) is 12.8 Å². The molecule has 7 heteroatoms. The van der Waals surface area contributed by atoms with Crippen LogP contribution in [0.25, 0.3) is 5.57 Å². The molecular weight excluding hydrogens is 298 g/mol. The Bertz CT molecular complexity index is 617. The zero-order valence-corrected chi connectivity index (χ0v) is 13.8. The van der Waals surface area contributed by atoms with Crippen LogP contribution in [0.2, 0.25) is 0 Å². The minimum Gasteiger partial charge on any atom is -0.464 e. The number of hydrogen-bond acceptors (Lipinski definition) is 6. The standard InChI is InChI=1S/C16H21N3O4/c1-16(2,3)23-15(21)19-9-7-11(8-10-19)12-5-6-13(18-17-12)14(20)22-4/h5-7H,8-10H2,1-4H3. The summed E-state index contributed by atoms with van der Waals surface area (Å²) in [5, 5.41) is 7.90. The molecule has 0 N–H and O–H groups in total.